The molecule has 1 heterocycles. The van der Waals surface area contributed by atoms with Gasteiger partial charge in [0.15, 0.2) is 11.7 Å². The number of furan rings is 1. The van der Waals surface area contributed by atoms with Gasteiger partial charge in [0.05, 0.1) is 12.8 Å². The minimum atomic E-state index is -2.84. The van der Waals surface area contributed by atoms with Gasteiger partial charge in [0.2, 0.25) is 0 Å². The number of aliphatic imine (C=N–C) groups is 1. The number of guanidine groups is 1. The van der Waals surface area contributed by atoms with E-state index in [1.165, 1.54) is 18.4 Å². The van der Waals surface area contributed by atoms with Gasteiger partial charge < -0.3 is 24.7 Å². The Morgan fingerprint density at radius 3 is 2.61 bits per heavy atom. The first-order chi connectivity index (χ1) is 13.5. The molecule has 7 nitrogen and oxygen atoms in total. The molecule has 1 aromatic carbocycles. The van der Waals surface area contributed by atoms with Crippen LogP contribution in [0.3, 0.4) is 0 Å². The van der Waals surface area contributed by atoms with Gasteiger partial charge in [-0.15, -0.1) is 0 Å². The average Bonchev–Trinajstić information content (AvgIpc) is 3.20. The standard InChI is InChI=1S/C19H24F2N4O3/c1-3-22-19(24-11-10-23-17(26)16-5-4-12-27-16)25(2)13-14-6-8-15(9-7-14)28-18(20)21/h4-9,12,18H,3,10-11,13H2,1-2H3,(H,22,24)(H,23,26). The summed E-state index contributed by atoms with van der Waals surface area (Å²) in [5.41, 5.74) is 0.917. The van der Waals surface area contributed by atoms with E-state index in [9.17, 15) is 13.6 Å². The van der Waals surface area contributed by atoms with E-state index in [1.54, 1.807) is 24.3 Å². The van der Waals surface area contributed by atoms with Crippen molar-refractivity contribution in [3.63, 3.8) is 0 Å². The molecule has 0 saturated carbocycles. The molecule has 0 fully saturated rings. The summed E-state index contributed by atoms with van der Waals surface area (Å²) in [5, 5.41) is 5.91. The zero-order valence-corrected chi connectivity index (χ0v) is 15.8. The number of carbonyl (C=O) groups is 1. The highest BCUT2D eigenvalue weighted by molar-refractivity contribution is 5.91. The number of ether oxygens (including phenoxy) is 1. The van der Waals surface area contributed by atoms with Gasteiger partial charge in [0, 0.05) is 26.7 Å². The van der Waals surface area contributed by atoms with Crippen LogP contribution in [0.2, 0.25) is 0 Å². The lowest BCUT2D eigenvalue weighted by Gasteiger charge is -2.22. The molecule has 0 spiro atoms. The summed E-state index contributed by atoms with van der Waals surface area (Å²) in [7, 11) is 1.87. The van der Waals surface area contributed by atoms with E-state index in [0.29, 0.717) is 32.1 Å². The van der Waals surface area contributed by atoms with Gasteiger partial charge in [-0.1, -0.05) is 12.1 Å². The Morgan fingerprint density at radius 1 is 1.25 bits per heavy atom. The first kappa shape index (κ1) is 21.2. The minimum absolute atomic E-state index is 0.120. The zero-order valence-electron chi connectivity index (χ0n) is 15.8. The third-order valence-corrected chi connectivity index (χ3v) is 3.67. The fourth-order valence-electron chi connectivity index (χ4n) is 2.42. The monoisotopic (exact) mass is 394 g/mol. The second kappa shape index (κ2) is 10.9. The third kappa shape index (κ3) is 6.90. The van der Waals surface area contributed by atoms with Crippen LogP contribution >= 0.6 is 0 Å². The number of hydrogen-bond donors (Lipinski definition) is 2. The van der Waals surface area contributed by atoms with Crippen molar-refractivity contribution >= 4 is 11.9 Å². The number of halogens is 2. The molecule has 9 heteroatoms. The molecule has 0 unspecified atom stereocenters. The van der Waals surface area contributed by atoms with Crippen LogP contribution in [-0.2, 0) is 6.54 Å². The Labute approximate surface area is 162 Å². The molecule has 0 bridgehead atoms. The number of hydrogen-bond acceptors (Lipinski definition) is 4. The SMILES string of the molecule is CCNC(=NCCNC(=O)c1ccco1)N(C)Cc1ccc(OC(F)F)cc1. The summed E-state index contributed by atoms with van der Waals surface area (Å²) < 4.78 is 33.8. The van der Waals surface area contributed by atoms with Crippen molar-refractivity contribution in [2.75, 3.05) is 26.7 Å². The summed E-state index contributed by atoms with van der Waals surface area (Å²) in [5.74, 6) is 0.758. The molecule has 0 aliphatic carbocycles. The zero-order chi connectivity index (χ0) is 20.4. The van der Waals surface area contributed by atoms with Crippen molar-refractivity contribution in [1.82, 2.24) is 15.5 Å². The van der Waals surface area contributed by atoms with Crippen LogP contribution in [0.15, 0.2) is 52.1 Å². The predicted octanol–water partition coefficient (Wildman–Crippen LogP) is 2.71. The van der Waals surface area contributed by atoms with E-state index in [2.05, 4.69) is 20.4 Å². The lowest BCUT2D eigenvalue weighted by Crippen LogP contribution is -2.39. The van der Waals surface area contributed by atoms with Crippen molar-refractivity contribution in [3.8, 4) is 5.75 Å². The molecule has 0 atom stereocenters. The van der Waals surface area contributed by atoms with Crippen LogP contribution in [0.5, 0.6) is 5.75 Å². The normalized spacial score (nSPS) is 11.4. The summed E-state index contributed by atoms with van der Waals surface area (Å²) in [6.45, 7) is 1.08. The van der Waals surface area contributed by atoms with E-state index in [-0.39, 0.29) is 17.4 Å². The summed E-state index contributed by atoms with van der Waals surface area (Å²) >= 11 is 0. The topological polar surface area (TPSA) is 79.1 Å². The molecule has 0 saturated heterocycles. The molecule has 28 heavy (non-hydrogen) atoms. The highest BCUT2D eigenvalue weighted by Gasteiger charge is 2.09. The van der Waals surface area contributed by atoms with Crippen molar-refractivity contribution < 1.29 is 22.7 Å². The maximum atomic E-state index is 12.2. The van der Waals surface area contributed by atoms with Crippen molar-refractivity contribution in [2.45, 2.75) is 20.1 Å². The van der Waals surface area contributed by atoms with Crippen LogP contribution in [-0.4, -0.2) is 50.1 Å². The molecule has 1 amide bonds. The fraction of sp³-hybridized carbons (Fsp3) is 0.368. The Kier molecular flexibility index (Phi) is 8.26. The number of benzene rings is 1. The second-order valence-corrected chi connectivity index (χ2v) is 5.85. The van der Waals surface area contributed by atoms with E-state index >= 15 is 0 Å². The van der Waals surface area contributed by atoms with Crippen LogP contribution < -0.4 is 15.4 Å². The van der Waals surface area contributed by atoms with Crippen LogP contribution in [0.1, 0.15) is 23.0 Å². The van der Waals surface area contributed by atoms with Crippen molar-refractivity contribution in [1.29, 1.82) is 0 Å². The number of rotatable bonds is 9. The Balaban J connectivity index is 1.86. The molecule has 0 aliphatic rings. The van der Waals surface area contributed by atoms with E-state index in [1.807, 2.05) is 18.9 Å². The van der Waals surface area contributed by atoms with Crippen molar-refractivity contribution in [2.24, 2.45) is 4.99 Å². The maximum Gasteiger partial charge on any atom is 0.387 e. The number of alkyl halides is 2. The lowest BCUT2D eigenvalue weighted by atomic mass is 10.2. The van der Waals surface area contributed by atoms with Gasteiger partial charge in [-0.05, 0) is 36.8 Å². The molecule has 1 aromatic heterocycles. The molecule has 2 rings (SSSR count). The summed E-state index contributed by atoms with van der Waals surface area (Å²) in [6, 6.07) is 9.70. The van der Waals surface area contributed by atoms with E-state index in [0.717, 1.165) is 5.56 Å². The van der Waals surface area contributed by atoms with E-state index in [4.69, 9.17) is 4.42 Å². The molecule has 0 radical (unpaired) electrons. The first-order valence-electron chi connectivity index (χ1n) is 8.84. The molecule has 152 valence electrons. The van der Waals surface area contributed by atoms with Crippen molar-refractivity contribution in [3.05, 3.63) is 54.0 Å². The summed E-state index contributed by atoms with van der Waals surface area (Å²) in [6.07, 6.45) is 1.44. The molecular weight excluding hydrogens is 370 g/mol. The smallest absolute Gasteiger partial charge is 0.387 e. The van der Waals surface area contributed by atoms with Crippen LogP contribution in [0.4, 0.5) is 8.78 Å². The van der Waals surface area contributed by atoms with Gasteiger partial charge in [-0.25, -0.2) is 0 Å². The molecular formula is C19H24F2N4O3. The molecule has 2 aromatic rings. The molecule has 2 N–H and O–H groups in total. The van der Waals surface area contributed by atoms with Gasteiger partial charge in [-0.3, -0.25) is 9.79 Å². The number of amides is 1. The number of nitrogens with zero attached hydrogens (tertiary/aromatic N) is 2. The minimum Gasteiger partial charge on any atom is -0.459 e. The first-order valence-corrected chi connectivity index (χ1v) is 8.84. The highest BCUT2D eigenvalue weighted by atomic mass is 19.3. The lowest BCUT2D eigenvalue weighted by molar-refractivity contribution is -0.0498. The van der Waals surface area contributed by atoms with E-state index < -0.39 is 6.61 Å². The number of nitrogens with one attached hydrogen (secondary N) is 2. The second-order valence-electron chi connectivity index (χ2n) is 5.85. The Bertz CT molecular complexity index is 749. The Morgan fingerprint density at radius 2 is 2.00 bits per heavy atom. The molecule has 0 aliphatic heterocycles. The van der Waals surface area contributed by atoms with Gasteiger partial charge in [-0.2, -0.15) is 8.78 Å². The Hall–Kier alpha value is -3.10. The van der Waals surface area contributed by atoms with Crippen LogP contribution in [0.25, 0.3) is 0 Å². The third-order valence-electron chi connectivity index (χ3n) is 3.67. The largest absolute Gasteiger partial charge is 0.459 e. The fourth-order valence-corrected chi connectivity index (χ4v) is 2.42. The summed E-state index contributed by atoms with van der Waals surface area (Å²) in [4.78, 5) is 18.2. The predicted molar refractivity (Wildman–Crippen MR) is 102 cm³/mol. The van der Waals surface area contributed by atoms with Crippen LogP contribution in [0, 0.1) is 0 Å². The van der Waals surface area contributed by atoms with Gasteiger partial charge in [0.25, 0.3) is 5.91 Å². The highest BCUT2D eigenvalue weighted by Crippen LogP contribution is 2.15. The maximum absolute atomic E-state index is 12.2. The number of carbonyl (C=O) groups excluding carboxylic acids is 1. The van der Waals surface area contributed by atoms with Gasteiger partial charge in [0.1, 0.15) is 5.75 Å². The quantitative estimate of drug-likeness (QED) is 0.388. The van der Waals surface area contributed by atoms with Gasteiger partial charge >= 0.3 is 6.61 Å². The average molecular weight is 394 g/mol.